The van der Waals surface area contributed by atoms with Crippen LogP contribution >= 0.6 is 0 Å². The van der Waals surface area contributed by atoms with Crippen molar-refractivity contribution in [2.24, 2.45) is 11.7 Å². The molecule has 1 saturated heterocycles. The van der Waals surface area contributed by atoms with Crippen LogP contribution in [0.15, 0.2) is 30.3 Å². The van der Waals surface area contributed by atoms with E-state index >= 15 is 0 Å². The number of amides is 2. The van der Waals surface area contributed by atoms with Gasteiger partial charge in [0.2, 0.25) is 11.8 Å². The zero-order valence-corrected chi connectivity index (χ0v) is 15.6. The SMILES string of the molecule is CCC(NC(=O)[C@H](c1ccccc1)N1CCC(N)(C(C)C)C1=O)B(O)O. The van der Waals surface area contributed by atoms with Gasteiger partial charge in [-0.2, -0.15) is 0 Å². The largest absolute Gasteiger partial charge is 0.475 e. The molecule has 1 aliphatic rings. The van der Waals surface area contributed by atoms with E-state index in [1.807, 2.05) is 19.9 Å². The first-order valence-electron chi connectivity index (χ1n) is 9.03. The molecular weight excluding hydrogens is 333 g/mol. The van der Waals surface area contributed by atoms with Crippen LogP contribution in [-0.4, -0.2) is 51.9 Å². The zero-order chi connectivity index (χ0) is 19.5. The smallest absolute Gasteiger partial charge is 0.426 e. The van der Waals surface area contributed by atoms with Gasteiger partial charge in [0.05, 0.1) is 11.5 Å². The van der Waals surface area contributed by atoms with E-state index in [2.05, 4.69) is 5.32 Å². The molecule has 8 heteroatoms. The predicted molar refractivity (Wildman–Crippen MR) is 99.7 cm³/mol. The molecule has 3 atom stereocenters. The summed E-state index contributed by atoms with van der Waals surface area (Å²) in [6, 6.07) is 8.12. The molecule has 0 aromatic heterocycles. The van der Waals surface area contributed by atoms with E-state index in [1.54, 1.807) is 31.2 Å². The Hall–Kier alpha value is -1.90. The van der Waals surface area contributed by atoms with Crippen LogP contribution in [0.1, 0.15) is 45.2 Å². The van der Waals surface area contributed by atoms with Gasteiger partial charge in [-0.25, -0.2) is 0 Å². The van der Waals surface area contributed by atoms with Crippen LogP contribution in [0.5, 0.6) is 0 Å². The number of likely N-dealkylation sites (tertiary alicyclic amines) is 1. The molecule has 2 unspecified atom stereocenters. The predicted octanol–water partition coefficient (Wildman–Crippen LogP) is 0.220. The molecule has 1 heterocycles. The molecular formula is C18H28BN3O4. The van der Waals surface area contributed by atoms with Crippen LogP contribution in [0.4, 0.5) is 0 Å². The Morgan fingerprint density at radius 3 is 2.42 bits per heavy atom. The fourth-order valence-corrected chi connectivity index (χ4v) is 3.32. The van der Waals surface area contributed by atoms with Crippen molar-refractivity contribution in [2.75, 3.05) is 6.54 Å². The summed E-state index contributed by atoms with van der Waals surface area (Å²) in [6.07, 6.45) is 0.825. The summed E-state index contributed by atoms with van der Waals surface area (Å²) in [6.45, 7) is 5.91. The number of carbonyl (C=O) groups excluding carboxylic acids is 2. The van der Waals surface area contributed by atoms with E-state index in [0.717, 1.165) is 0 Å². The molecule has 1 aliphatic heterocycles. The van der Waals surface area contributed by atoms with Gasteiger partial charge in [0.25, 0.3) is 0 Å². The van der Waals surface area contributed by atoms with Crippen molar-refractivity contribution < 1.29 is 19.6 Å². The second-order valence-corrected chi connectivity index (χ2v) is 7.19. The van der Waals surface area contributed by atoms with E-state index in [-0.39, 0.29) is 11.8 Å². The highest BCUT2D eigenvalue weighted by molar-refractivity contribution is 6.43. The average Bonchev–Trinajstić information content (AvgIpc) is 2.91. The van der Waals surface area contributed by atoms with E-state index in [4.69, 9.17) is 5.73 Å². The van der Waals surface area contributed by atoms with Crippen molar-refractivity contribution in [3.8, 4) is 0 Å². The molecule has 26 heavy (non-hydrogen) atoms. The van der Waals surface area contributed by atoms with Gasteiger partial charge in [-0.3, -0.25) is 9.59 Å². The summed E-state index contributed by atoms with van der Waals surface area (Å²) in [4.78, 5) is 27.5. The van der Waals surface area contributed by atoms with Crippen LogP contribution in [0.25, 0.3) is 0 Å². The van der Waals surface area contributed by atoms with E-state index < -0.39 is 30.5 Å². The molecule has 2 amide bonds. The summed E-state index contributed by atoms with van der Waals surface area (Å²) in [5, 5.41) is 21.5. The van der Waals surface area contributed by atoms with Crippen molar-refractivity contribution in [1.29, 1.82) is 0 Å². The van der Waals surface area contributed by atoms with E-state index in [0.29, 0.717) is 24.9 Å². The molecule has 1 aromatic rings. The third kappa shape index (κ3) is 3.92. The second kappa shape index (κ2) is 8.20. The molecule has 0 saturated carbocycles. The number of benzene rings is 1. The minimum Gasteiger partial charge on any atom is -0.426 e. The fourth-order valence-electron chi connectivity index (χ4n) is 3.32. The number of carbonyl (C=O) groups is 2. The maximum Gasteiger partial charge on any atom is 0.475 e. The van der Waals surface area contributed by atoms with Crippen molar-refractivity contribution in [3.05, 3.63) is 35.9 Å². The van der Waals surface area contributed by atoms with Gasteiger partial charge in [0, 0.05) is 6.54 Å². The third-order valence-corrected chi connectivity index (χ3v) is 5.26. The van der Waals surface area contributed by atoms with Crippen LogP contribution in [0.2, 0.25) is 0 Å². The molecule has 142 valence electrons. The summed E-state index contributed by atoms with van der Waals surface area (Å²) in [7, 11) is -1.67. The average molecular weight is 361 g/mol. The van der Waals surface area contributed by atoms with Crippen molar-refractivity contribution in [1.82, 2.24) is 10.2 Å². The Balaban J connectivity index is 2.35. The van der Waals surface area contributed by atoms with Gasteiger partial charge < -0.3 is 26.0 Å². The van der Waals surface area contributed by atoms with Crippen LogP contribution in [0.3, 0.4) is 0 Å². The number of rotatable bonds is 7. The number of hydrogen-bond acceptors (Lipinski definition) is 5. The summed E-state index contributed by atoms with van der Waals surface area (Å²) in [5.41, 5.74) is 5.99. The lowest BCUT2D eigenvalue weighted by atomic mass is 9.77. The number of nitrogens with zero attached hydrogens (tertiary/aromatic N) is 1. The topological polar surface area (TPSA) is 116 Å². The Kier molecular flexibility index (Phi) is 6.44. The molecule has 1 fully saturated rings. The molecule has 0 bridgehead atoms. The minimum absolute atomic E-state index is 0.0536. The standard InChI is InChI=1S/C18H28BN3O4/c1-4-14(19(25)26)21-16(23)15(13-8-6-5-7-9-13)22-11-10-18(20,12(2)3)17(22)24/h5-9,12,14-15,25-26H,4,10-11,20H2,1-3H3,(H,21,23)/t14?,15-,18?/m0/s1. The highest BCUT2D eigenvalue weighted by Gasteiger charge is 2.49. The van der Waals surface area contributed by atoms with Crippen LogP contribution in [0, 0.1) is 5.92 Å². The maximum atomic E-state index is 13.0. The zero-order valence-electron chi connectivity index (χ0n) is 15.6. The van der Waals surface area contributed by atoms with E-state index in [1.165, 1.54) is 4.90 Å². The Labute approximate surface area is 154 Å². The quantitative estimate of drug-likeness (QED) is 0.519. The molecule has 5 N–H and O–H groups in total. The Bertz CT molecular complexity index is 641. The maximum absolute atomic E-state index is 13.0. The first-order valence-corrected chi connectivity index (χ1v) is 9.03. The Morgan fingerprint density at radius 1 is 1.35 bits per heavy atom. The highest BCUT2D eigenvalue weighted by Crippen LogP contribution is 2.34. The highest BCUT2D eigenvalue weighted by atomic mass is 16.4. The summed E-state index contributed by atoms with van der Waals surface area (Å²) < 4.78 is 0. The lowest BCUT2D eigenvalue weighted by molar-refractivity contribution is -0.141. The Morgan fingerprint density at radius 2 is 1.96 bits per heavy atom. The van der Waals surface area contributed by atoms with Gasteiger partial charge in [0.15, 0.2) is 0 Å². The number of hydrogen-bond donors (Lipinski definition) is 4. The fraction of sp³-hybridized carbons (Fsp3) is 0.556. The molecule has 7 nitrogen and oxygen atoms in total. The third-order valence-electron chi connectivity index (χ3n) is 5.26. The van der Waals surface area contributed by atoms with Crippen LogP contribution in [-0.2, 0) is 9.59 Å². The van der Waals surface area contributed by atoms with Gasteiger partial charge in [0.1, 0.15) is 6.04 Å². The number of nitrogens with one attached hydrogen (secondary N) is 1. The van der Waals surface area contributed by atoms with E-state index in [9.17, 15) is 19.6 Å². The van der Waals surface area contributed by atoms with Crippen molar-refractivity contribution >= 4 is 18.9 Å². The van der Waals surface area contributed by atoms with Gasteiger partial charge in [-0.05, 0) is 24.3 Å². The first kappa shape index (κ1) is 20.4. The molecule has 0 aliphatic carbocycles. The monoisotopic (exact) mass is 361 g/mol. The molecule has 0 radical (unpaired) electrons. The second-order valence-electron chi connectivity index (χ2n) is 7.19. The van der Waals surface area contributed by atoms with Gasteiger partial charge in [-0.15, -0.1) is 0 Å². The van der Waals surface area contributed by atoms with Crippen LogP contribution < -0.4 is 11.1 Å². The first-order chi connectivity index (χ1) is 12.2. The van der Waals surface area contributed by atoms with Crippen molar-refractivity contribution in [3.63, 3.8) is 0 Å². The number of nitrogens with two attached hydrogens (primary N) is 1. The summed E-state index contributed by atoms with van der Waals surface area (Å²) >= 11 is 0. The summed E-state index contributed by atoms with van der Waals surface area (Å²) in [5.74, 6) is -1.56. The van der Waals surface area contributed by atoms with Gasteiger partial charge in [-0.1, -0.05) is 51.1 Å². The molecule has 1 aromatic carbocycles. The lowest BCUT2D eigenvalue weighted by Crippen LogP contribution is -2.55. The molecule has 2 rings (SSSR count). The normalized spacial score (nSPS) is 22.4. The lowest BCUT2D eigenvalue weighted by Gasteiger charge is -2.32. The molecule has 0 spiro atoms. The minimum atomic E-state index is -1.67. The van der Waals surface area contributed by atoms with Crippen molar-refractivity contribution in [2.45, 2.75) is 51.1 Å². The van der Waals surface area contributed by atoms with Gasteiger partial charge >= 0.3 is 7.12 Å².